The van der Waals surface area contributed by atoms with Gasteiger partial charge in [0.05, 0.1) is 10.0 Å². The molecule has 0 bridgehead atoms. The zero-order valence-electron chi connectivity index (χ0n) is 17.6. The molecule has 5 rings (SSSR count). The van der Waals surface area contributed by atoms with Gasteiger partial charge in [-0.2, -0.15) is 0 Å². The first-order valence-electron chi connectivity index (χ1n) is 10.1. The fourth-order valence-electron chi connectivity index (χ4n) is 3.43. The highest BCUT2D eigenvalue weighted by molar-refractivity contribution is 9.11. The van der Waals surface area contributed by atoms with Crippen LogP contribution in [0.2, 0.25) is 0 Å². The Morgan fingerprint density at radius 2 is 1.88 bits per heavy atom. The average Bonchev–Trinajstić information content (AvgIpc) is 3.42. The third kappa shape index (κ3) is 4.49. The Morgan fingerprint density at radius 1 is 1.06 bits per heavy atom. The van der Waals surface area contributed by atoms with E-state index in [0.29, 0.717) is 37.1 Å². The van der Waals surface area contributed by atoms with Crippen LogP contribution in [0.5, 0.6) is 17.2 Å². The number of hydrogen-bond acceptors (Lipinski definition) is 7. The van der Waals surface area contributed by atoms with Gasteiger partial charge in [-0.1, -0.05) is 33.6 Å². The van der Waals surface area contributed by atoms with E-state index in [9.17, 15) is 9.59 Å². The van der Waals surface area contributed by atoms with E-state index >= 15 is 0 Å². The summed E-state index contributed by atoms with van der Waals surface area (Å²) in [6.07, 6.45) is 1.51. The first-order chi connectivity index (χ1) is 16.4. The van der Waals surface area contributed by atoms with Crippen LogP contribution < -0.4 is 14.2 Å². The molecule has 2 heterocycles. The fraction of sp³-hybridized carbons (Fsp3) is 0.0800. The second-order valence-corrected chi connectivity index (χ2v) is 9.24. The molecule has 0 N–H and O–H groups in total. The first-order valence-corrected chi connectivity index (χ1v) is 11.7. The number of benzene rings is 3. The number of carbonyl (C=O) groups excluding carboxylic acids is 2. The number of rotatable bonds is 4. The third-order valence-electron chi connectivity index (χ3n) is 5.02. The van der Waals surface area contributed by atoms with Crippen molar-refractivity contribution in [3.8, 4) is 17.2 Å². The maximum Gasteiger partial charge on any atom is 0.363 e. The Hall–Kier alpha value is -3.43. The zero-order chi connectivity index (χ0) is 23.8. The van der Waals surface area contributed by atoms with Gasteiger partial charge < -0.3 is 18.9 Å². The Balaban J connectivity index is 1.49. The van der Waals surface area contributed by atoms with Crippen molar-refractivity contribution < 1.29 is 28.5 Å². The quantitative estimate of drug-likeness (QED) is 0.218. The minimum Gasteiger partial charge on any atom is -0.454 e. The van der Waals surface area contributed by atoms with Crippen molar-refractivity contribution in [2.75, 3.05) is 6.79 Å². The molecule has 3 aromatic rings. The number of halogens is 2. The first kappa shape index (κ1) is 22.4. The van der Waals surface area contributed by atoms with Crippen molar-refractivity contribution in [3.05, 3.63) is 91.5 Å². The Kier molecular flexibility index (Phi) is 5.97. The molecule has 0 aliphatic carbocycles. The summed E-state index contributed by atoms with van der Waals surface area (Å²) in [4.78, 5) is 29.7. The number of ether oxygens (including phenoxy) is 4. The summed E-state index contributed by atoms with van der Waals surface area (Å²) in [5, 5.41) is 0. The van der Waals surface area contributed by atoms with Crippen LogP contribution in [0.3, 0.4) is 0 Å². The van der Waals surface area contributed by atoms with Crippen LogP contribution in [0.1, 0.15) is 27.0 Å². The van der Waals surface area contributed by atoms with Gasteiger partial charge in [-0.05, 0) is 71.4 Å². The molecule has 2 aliphatic heterocycles. The maximum atomic E-state index is 12.8. The number of nitrogens with zero attached hydrogens (tertiary/aromatic N) is 1. The molecule has 0 radical (unpaired) electrons. The van der Waals surface area contributed by atoms with Crippen LogP contribution in [0.15, 0.2) is 74.2 Å². The summed E-state index contributed by atoms with van der Waals surface area (Å²) in [6, 6.07) is 15.7. The van der Waals surface area contributed by atoms with Gasteiger partial charge in [-0.15, -0.1) is 0 Å². The van der Waals surface area contributed by atoms with E-state index in [-0.39, 0.29) is 24.1 Å². The van der Waals surface area contributed by atoms with Crippen LogP contribution in [0.25, 0.3) is 6.08 Å². The molecule has 0 aromatic heterocycles. The van der Waals surface area contributed by atoms with Gasteiger partial charge in [0.15, 0.2) is 22.9 Å². The van der Waals surface area contributed by atoms with Gasteiger partial charge in [0, 0.05) is 15.6 Å². The van der Waals surface area contributed by atoms with Gasteiger partial charge in [0.2, 0.25) is 12.7 Å². The van der Waals surface area contributed by atoms with E-state index in [1.165, 1.54) is 6.08 Å². The molecule has 0 spiro atoms. The highest BCUT2D eigenvalue weighted by atomic mass is 79.9. The lowest BCUT2D eigenvalue weighted by Crippen LogP contribution is -2.10. The molecule has 0 saturated carbocycles. The van der Waals surface area contributed by atoms with Crippen molar-refractivity contribution in [1.29, 1.82) is 0 Å². The standard InChI is InChI=1S/C25H15Br2NO6/c1-13-3-2-4-15(7-13)24(29)33-22-16(8-17(26)11-18(22)27)9-19-25(30)34-23(28-19)14-5-6-20-21(10-14)32-12-31-20/h2-11H,12H2,1H3/b19-9+. The highest BCUT2D eigenvalue weighted by Gasteiger charge is 2.27. The van der Waals surface area contributed by atoms with Crippen LogP contribution >= 0.6 is 31.9 Å². The monoisotopic (exact) mass is 583 g/mol. The molecule has 9 heteroatoms. The van der Waals surface area contributed by atoms with E-state index in [0.717, 1.165) is 5.56 Å². The van der Waals surface area contributed by atoms with Gasteiger partial charge in [0.1, 0.15) is 0 Å². The molecule has 3 aromatic carbocycles. The summed E-state index contributed by atoms with van der Waals surface area (Å²) in [5.41, 5.74) is 2.44. The lowest BCUT2D eigenvalue weighted by atomic mass is 10.1. The number of cyclic esters (lactones) is 1. The van der Waals surface area contributed by atoms with Crippen molar-refractivity contribution in [3.63, 3.8) is 0 Å². The van der Waals surface area contributed by atoms with E-state index < -0.39 is 11.9 Å². The lowest BCUT2D eigenvalue weighted by Gasteiger charge is -2.11. The minimum absolute atomic E-state index is 0.0607. The van der Waals surface area contributed by atoms with Crippen molar-refractivity contribution in [1.82, 2.24) is 0 Å². The number of fused-ring (bicyclic) bond motifs is 1. The van der Waals surface area contributed by atoms with E-state index in [1.807, 2.05) is 13.0 Å². The molecule has 7 nitrogen and oxygen atoms in total. The van der Waals surface area contributed by atoms with E-state index in [1.54, 1.807) is 48.5 Å². The number of carbonyl (C=O) groups is 2. The normalized spacial score (nSPS) is 15.3. The number of hydrogen-bond donors (Lipinski definition) is 0. The van der Waals surface area contributed by atoms with Crippen LogP contribution in [-0.2, 0) is 9.53 Å². The van der Waals surface area contributed by atoms with Crippen molar-refractivity contribution in [2.45, 2.75) is 6.92 Å². The predicted octanol–water partition coefficient (Wildman–Crippen LogP) is 5.81. The molecule has 0 unspecified atom stereocenters. The van der Waals surface area contributed by atoms with Gasteiger partial charge >= 0.3 is 11.9 Å². The third-order valence-corrected chi connectivity index (χ3v) is 6.06. The number of esters is 2. The summed E-state index contributed by atoms with van der Waals surface area (Å²) in [7, 11) is 0. The van der Waals surface area contributed by atoms with E-state index in [2.05, 4.69) is 36.9 Å². The van der Waals surface area contributed by atoms with Crippen molar-refractivity contribution in [2.24, 2.45) is 4.99 Å². The Morgan fingerprint density at radius 3 is 2.71 bits per heavy atom. The van der Waals surface area contributed by atoms with E-state index in [4.69, 9.17) is 18.9 Å². The maximum absolute atomic E-state index is 12.8. The summed E-state index contributed by atoms with van der Waals surface area (Å²) in [6.45, 7) is 2.03. The zero-order valence-corrected chi connectivity index (χ0v) is 20.8. The molecule has 0 atom stereocenters. The Bertz CT molecular complexity index is 1410. The van der Waals surface area contributed by atoms with Crippen LogP contribution in [0, 0.1) is 6.92 Å². The predicted molar refractivity (Wildman–Crippen MR) is 131 cm³/mol. The second-order valence-electron chi connectivity index (χ2n) is 7.47. The fourth-order valence-corrected chi connectivity index (χ4v) is 4.77. The SMILES string of the molecule is Cc1cccc(C(=O)Oc2c(Br)cc(Br)cc2/C=C2/N=C(c3ccc4c(c3)OCO4)OC2=O)c1. The molecule has 170 valence electrons. The second kappa shape index (κ2) is 9.08. The molecular weight excluding hydrogens is 570 g/mol. The summed E-state index contributed by atoms with van der Waals surface area (Å²) in [5.74, 6) is 0.409. The minimum atomic E-state index is -0.625. The topological polar surface area (TPSA) is 83.4 Å². The lowest BCUT2D eigenvalue weighted by molar-refractivity contribution is -0.129. The Labute approximate surface area is 211 Å². The van der Waals surface area contributed by atoms with Crippen molar-refractivity contribution >= 4 is 55.8 Å². The largest absolute Gasteiger partial charge is 0.454 e. The smallest absolute Gasteiger partial charge is 0.363 e. The van der Waals surface area contributed by atoms with Crippen LogP contribution in [-0.4, -0.2) is 24.6 Å². The molecular formula is C25H15Br2NO6. The molecule has 0 fully saturated rings. The molecule has 2 aliphatic rings. The average molecular weight is 585 g/mol. The number of aryl methyl sites for hydroxylation is 1. The molecule has 0 saturated heterocycles. The molecule has 34 heavy (non-hydrogen) atoms. The molecule has 0 amide bonds. The highest BCUT2D eigenvalue weighted by Crippen LogP contribution is 2.37. The summed E-state index contributed by atoms with van der Waals surface area (Å²) >= 11 is 6.87. The number of aliphatic imine (C=N–C) groups is 1. The van der Waals surface area contributed by atoms with Gasteiger partial charge in [-0.3, -0.25) is 0 Å². The van der Waals surface area contributed by atoms with Gasteiger partial charge in [-0.25, -0.2) is 14.6 Å². The summed E-state index contributed by atoms with van der Waals surface area (Å²) < 4.78 is 23.0. The van der Waals surface area contributed by atoms with Crippen LogP contribution in [0.4, 0.5) is 0 Å². The van der Waals surface area contributed by atoms with Gasteiger partial charge in [0.25, 0.3) is 0 Å².